The first kappa shape index (κ1) is 17.8. The molecule has 0 spiro atoms. The molecule has 1 aromatic carbocycles. The molecule has 0 aromatic heterocycles. The number of likely N-dealkylation sites (tertiary alicyclic amines) is 1. The fourth-order valence-corrected chi connectivity index (χ4v) is 3.52. The Morgan fingerprint density at radius 2 is 2.13 bits per heavy atom. The molecule has 0 amide bonds. The Balaban J connectivity index is 1.90. The number of hydrogen-bond acceptors (Lipinski definition) is 2. The van der Waals surface area contributed by atoms with Crippen molar-refractivity contribution in [2.24, 2.45) is 10.7 Å². The van der Waals surface area contributed by atoms with Gasteiger partial charge in [0.15, 0.2) is 5.96 Å². The number of likely N-dealkylation sites (N-methyl/N-ethyl adjacent to an activating group) is 1. The summed E-state index contributed by atoms with van der Waals surface area (Å²) in [6, 6.07) is 9.11. The molecular formula is C19H32N4. The summed E-state index contributed by atoms with van der Waals surface area (Å²) in [4.78, 5) is 7.10. The molecule has 4 heteroatoms. The van der Waals surface area contributed by atoms with Crippen LogP contribution >= 0.6 is 0 Å². The Labute approximate surface area is 141 Å². The first-order valence-electron chi connectivity index (χ1n) is 8.78. The molecule has 0 aliphatic carbocycles. The van der Waals surface area contributed by atoms with Gasteiger partial charge in [-0.15, -0.1) is 0 Å². The molecule has 128 valence electrons. The molecule has 3 N–H and O–H groups in total. The topological polar surface area (TPSA) is 53.6 Å². The van der Waals surface area contributed by atoms with E-state index < -0.39 is 0 Å². The zero-order valence-electron chi connectivity index (χ0n) is 15.1. The van der Waals surface area contributed by atoms with Crippen molar-refractivity contribution >= 4 is 5.96 Å². The Hall–Kier alpha value is -1.55. The first-order valence-corrected chi connectivity index (χ1v) is 8.78. The van der Waals surface area contributed by atoms with Crippen molar-refractivity contribution in [1.82, 2.24) is 10.2 Å². The molecule has 23 heavy (non-hydrogen) atoms. The lowest BCUT2D eigenvalue weighted by molar-refractivity contribution is 0.267. The van der Waals surface area contributed by atoms with E-state index in [1.54, 1.807) is 0 Å². The van der Waals surface area contributed by atoms with Gasteiger partial charge in [0.05, 0.1) is 6.54 Å². The van der Waals surface area contributed by atoms with Crippen LogP contribution in [0.25, 0.3) is 0 Å². The van der Waals surface area contributed by atoms with Gasteiger partial charge >= 0.3 is 0 Å². The maximum Gasteiger partial charge on any atom is 0.188 e. The average Bonchev–Trinajstić information content (AvgIpc) is 2.99. The van der Waals surface area contributed by atoms with Gasteiger partial charge in [-0.3, -0.25) is 9.89 Å². The SMILES string of the molecule is CCN1CCCC1CNC(N)=NCC(C)(C)c1ccccc1C. The number of hydrogen-bond donors (Lipinski definition) is 2. The average molecular weight is 316 g/mol. The van der Waals surface area contributed by atoms with Gasteiger partial charge < -0.3 is 11.1 Å². The highest BCUT2D eigenvalue weighted by atomic mass is 15.2. The van der Waals surface area contributed by atoms with E-state index in [0.29, 0.717) is 18.5 Å². The largest absolute Gasteiger partial charge is 0.370 e. The summed E-state index contributed by atoms with van der Waals surface area (Å²) in [5.74, 6) is 0.564. The van der Waals surface area contributed by atoms with Crippen LogP contribution in [0.5, 0.6) is 0 Å². The predicted octanol–water partition coefficient (Wildman–Crippen LogP) is 2.66. The highest BCUT2D eigenvalue weighted by Gasteiger charge is 2.23. The number of benzene rings is 1. The number of guanidine groups is 1. The minimum absolute atomic E-state index is 0.0134. The van der Waals surface area contributed by atoms with E-state index in [2.05, 4.69) is 67.2 Å². The third-order valence-electron chi connectivity index (χ3n) is 4.94. The van der Waals surface area contributed by atoms with Crippen molar-refractivity contribution in [1.29, 1.82) is 0 Å². The lowest BCUT2D eigenvalue weighted by Crippen LogP contribution is -2.43. The molecule has 1 heterocycles. The summed E-state index contributed by atoms with van der Waals surface area (Å²) in [5.41, 5.74) is 8.72. The smallest absolute Gasteiger partial charge is 0.188 e. The van der Waals surface area contributed by atoms with E-state index in [1.807, 2.05) is 0 Å². The molecule has 1 atom stereocenters. The standard InChI is InChI=1S/C19H32N4/c1-5-23-12-8-10-16(23)13-21-18(20)22-14-19(3,4)17-11-7-6-9-15(17)2/h6-7,9,11,16H,5,8,10,12-14H2,1-4H3,(H3,20,21,22). The summed E-state index contributed by atoms with van der Waals surface area (Å²) in [7, 11) is 0. The third-order valence-corrected chi connectivity index (χ3v) is 4.94. The van der Waals surface area contributed by atoms with Crippen LogP contribution in [0.4, 0.5) is 0 Å². The monoisotopic (exact) mass is 316 g/mol. The number of nitrogens with one attached hydrogen (secondary N) is 1. The predicted molar refractivity (Wildman–Crippen MR) is 99.0 cm³/mol. The molecule has 1 aromatic rings. The Kier molecular flexibility index (Phi) is 6.05. The van der Waals surface area contributed by atoms with E-state index in [4.69, 9.17) is 5.73 Å². The normalized spacial score (nSPS) is 20.0. The number of aryl methyl sites for hydroxylation is 1. The molecule has 4 nitrogen and oxygen atoms in total. The number of nitrogens with zero attached hydrogens (tertiary/aromatic N) is 2. The molecule has 2 rings (SSSR count). The lowest BCUT2D eigenvalue weighted by Gasteiger charge is -2.26. The van der Waals surface area contributed by atoms with Gasteiger partial charge in [0.2, 0.25) is 0 Å². The van der Waals surface area contributed by atoms with Gasteiger partial charge in [0, 0.05) is 18.0 Å². The highest BCUT2D eigenvalue weighted by molar-refractivity contribution is 5.77. The fourth-order valence-electron chi connectivity index (χ4n) is 3.52. The molecule has 1 saturated heterocycles. The highest BCUT2D eigenvalue weighted by Crippen LogP contribution is 2.26. The van der Waals surface area contributed by atoms with Crippen LogP contribution < -0.4 is 11.1 Å². The Bertz CT molecular complexity index is 536. The maximum atomic E-state index is 6.08. The van der Waals surface area contributed by atoms with Crippen LogP contribution in [0, 0.1) is 6.92 Å². The van der Waals surface area contributed by atoms with Crippen LogP contribution in [-0.2, 0) is 5.41 Å². The van der Waals surface area contributed by atoms with E-state index in [0.717, 1.165) is 13.1 Å². The van der Waals surface area contributed by atoms with Crippen LogP contribution in [0.2, 0.25) is 0 Å². The maximum absolute atomic E-state index is 6.08. The van der Waals surface area contributed by atoms with Crippen molar-refractivity contribution < 1.29 is 0 Å². The van der Waals surface area contributed by atoms with Crippen molar-refractivity contribution in [3.8, 4) is 0 Å². The summed E-state index contributed by atoms with van der Waals surface area (Å²) < 4.78 is 0. The molecule has 1 fully saturated rings. The zero-order valence-corrected chi connectivity index (χ0v) is 15.1. The van der Waals surface area contributed by atoms with Crippen molar-refractivity contribution in [2.45, 2.75) is 52.0 Å². The van der Waals surface area contributed by atoms with Gasteiger partial charge in [0.25, 0.3) is 0 Å². The van der Waals surface area contributed by atoms with Crippen molar-refractivity contribution in [3.05, 3.63) is 35.4 Å². The van der Waals surface area contributed by atoms with Gasteiger partial charge in [-0.2, -0.15) is 0 Å². The van der Waals surface area contributed by atoms with Gasteiger partial charge in [-0.05, 0) is 44.0 Å². The van der Waals surface area contributed by atoms with E-state index in [-0.39, 0.29) is 5.41 Å². The minimum Gasteiger partial charge on any atom is -0.370 e. The Morgan fingerprint density at radius 3 is 2.83 bits per heavy atom. The van der Waals surface area contributed by atoms with E-state index in [1.165, 1.54) is 30.5 Å². The fraction of sp³-hybridized carbons (Fsp3) is 0.632. The molecule has 1 aliphatic rings. The second-order valence-corrected chi connectivity index (χ2v) is 7.21. The number of aliphatic imine (C=N–C) groups is 1. The number of nitrogens with two attached hydrogens (primary N) is 1. The molecule has 1 unspecified atom stereocenters. The second kappa shape index (κ2) is 7.82. The number of rotatable bonds is 6. The molecule has 0 saturated carbocycles. The summed E-state index contributed by atoms with van der Waals surface area (Å²) in [6.07, 6.45) is 2.54. The van der Waals surface area contributed by atoms with Gasteiger partial charge in [0.1, 0.15) is 0 Å². The summed E-state index contributed by atoms with van der Waals surface area (Å²) in [6.45, 7) is 12.7. The van der Waals surface area contributed by atoms with Crippen LogP contribution in [0.3, 0.4) is 0 Å². The summed E-state index contributed by atoms with van der Waals surface area (Å²) >= 11 is 0. The zero-order chi connectivity index (χ0) is 16.9. The lowest BCUT2D eigenvalue weighted by atomic mass is 9.82. The van der Waals surface area contributed by atoms with Crippen molar-refractivity contribution in [3.63, 3.8) is 0 Å². The van der Waals surface area contributed by atoms with Gasteiger partial charge in [-0.1, -0.05) is 45.0 Å². The van der Waals surface area contributed by atoms with Crippen molar-refractivity contribution in [2.75, 3.05) is 26.2 Å². The second-order valence-electron chi connectivity index (χ2n) is 7.21. The van der Waals surface area contributed by atoms with E-state index in [9.17, 15) is 0 Å². The minimum atomic E-state index is -0.0134. The molecular weight excluding hydrogens is 284 g/mol. The van der Waals surface area contributed by atoms with Crippen LogP contribution in [-0.4, -0.2) is 43.1 Å². The Morgan fingerprint density at radius 1 is 1.39 bits per heavy atom. The first-order chi connectivity index (χ1) is 10.9. The quantitative estimate of drug-likeness (QED) is 0.627. The third kappa shape index (κ3) is 4.71. The molecule has 0 bridgehead atoms. The van der Waals surface area contributed by atoms with Crippen LogP contribution in [0.15, 0.2) is 29.3 Å². The molecule has 1 aliphatic heterocycles. The van der Waals surface area contributed by atoms with E-state index >= 15 is 0 Å². The van der Waals surface area contributed by atoms with Crippen LogP contribution in [0.1, 0.15) is 44.7 Å². The molecule has 0 radical (unpaired) electrons. The van der Waals surface area contributed by atoms with Gasteiger partial charge in [-0.25, -0.2) is 0 Å². The summed E-state index contributed by atoms with van der Waals surface area (Å²) in [5, 5.41) is 3.31.